The molecule has 1 aliphatic rings. The van der Waals surface area contributed by atoms with Gasteiger partial charge < -0.3 is 5.11 Å². The first kappa shape index (κ1) is 14.1. The molecular weight excluding hydrogens is 238 g/mol. The van der Waals surface area contributed by atoms with Crippen molar-refractivity contribution in [3.05, 3.63) is 34.9 Å². The van der Waals surface area contributed by atoms with Gasteiger partial charge in [-0.2, -0.15) is 0 Å². The Labute approximate surface area is 115 Å². The van der Waals surface area contributed by atoms with Crippen molar-refractivity contribution in [1.29, 1.82) is 0 Å². The second kappa shape index (κ2) is 6.20. The highest BCUT2D eigenvalue weighted by molar-refractivity contribution is 5.66. The molecule has 1 atom stereocenters. The molecule has 19 heavy (non-hydrogen) atoms. The molecule has 0 spiro atoms. The molecule has 1 aromatic rings. The van der Waals surface area contributed by atoms with Gasteiger partial charge in [0.05, 0.1) is 6.42 Å². The molecule has 2 rings (SSSR count). The fourth-order valence-electron chi connectivity index (χ4n) is 2.98. The van der Waals surface area contributed by atoms with E-state index in [2.05, 4.69) is 36.9 Å². The third kappa shape index (κ3) is 3.35. The number of carboxylic acids is 1. The van der Waals surface area contributed by atoms with E-state index < -0.39 is 5.97 Å². The summed E-state index contributed by atoms with van der Waals surface area (Å²) in [7, 11) is 0. The van der Waals surface area contributed by atoms with Crippen LogP contribution in [0.3, 0.4) is 0 Å². The topological polar surface area (TPSA) is 40.5 Å². The summed E-state index contributed by atoms with van der Waals surface area (Å²) in [6.45, 7) is 6.00. The van der Waals surface area contributed by atoms with Gasteiger partial charge in [0.1, 0.15) is 0 Å². The molecule has 1 heterocycles. The number of piperidine rings is 1. The molecule has 0 radical (unpaired) electrons. The highest BCUT2D eigenvalue weighted by Gasteiger charge is 2.25. The van der Waals surface area contributed by atoms with Crippen molar-refractivity contribution in [3.8, 4) is 0 Å². The third-order valence-corrected chi connectivity index (χ3v) is 4.23. The molecule has 1 aromatic carbocycles. The predicted octanol–water partition coefficient (Wildman–Crippen LogP) is 3.31. The maximum Gasteiger partial charge on any atom is 0.304 e. The lowest BCUT2D eigenvalue weighted by Gasteiger charge is -2.36. The van der Waals surface area contributed by atoms with Crippen molar-refractivity contribution in [2.75, 3.05) is 13.1 Å². The van der Waals surface area contributed by atoms with Gasteiger partial charge in [-0.3, -0.25) is 9.69 Å². The number of likely N-dealkylation sites (tertiary alicyclic amines) is 1. The zero-order valence-corrected chi connectivity index (χ0v) is 11.9. The standard InChI is InChI=1S/C16H23NO2/c1-12-6-5-7-14(13(12)2)15-8-3-4-10-17(15)11-9-16(18)19/h5-7,15H,3-4,8-11H2,1-2H3,(H,18,19)/t15-/m0/s1. The fraction of sp³-hybridized carbons (Fsp3) is 0.562. The van der Waals surface area contributed by atoms with E-state index in [1.54, 1.807) is 0 Å². The number of benzene rings is 1. The van der Waals surface area contributed by atoms with Crippen LogP contribution >= 0.6 is 0 Å². The SMILES string of the molecule is Cc1cccc([C@@H]2CCCCN2CCC(=O)O)c1C. The van der Waals surface area contributed by atoms with Crippen molar-refractivity contribution in [3.63, 3.8) is 0 Å². The van der Waals surface area contributed by atoms with E-state index in [4.69, 9.17) is 5.11 Å². The Balaban J connectivity index is 2.19. The predicted molar refractivity (Wildman–Crippen MR) is 76.3 cm³/mol. The molecule has 1 aliphatic heterocycles. The molecule has 1 fully saturated rings. The van der Waals surface area contributed by atoms with Crippen LogP contribution in [0.5, 0.6) is 0 Å². The van der Waals surface area contributed by atoms with Crippen LogP contribution in [0.4, 0.5) is 0 Å². The molecule has 0 amide bonds. The number of hydrogen-bond acceptors (Lipinski definition) is 2. The Bertz CT molecular complexity index is 456. The van der Waals surface area contributed by atoms with Crippen LogP contribution in [0.1, 0.15) is 48.4 Å². The summed E-state index contributed by atoms with van der Waals surface area (Å²) in [5.74, 6) is -0.703. The van der Waals surface area contributed by atoms with Gasteiger partial charge in [-0.1, -0.05) is 24.6 Å². The largest absolute Gasteiger partial charge is 0.481 e. The zero-order chi connectivity index (χ0) is 13.8. The summed E-state index contributed by atoms with van der Waals surface area (Å²) in [6, 6.07) is 6.85. The maximum absolute atomic E-state index is 10.8. The van der Waals surface area contributed by atoms with Gasteiger partial charge >= 0.3 is 5.97 Å². The monoisotopic (exact) mass is 261 g/mol. The Hall–Kier alpha value is -1.35. The first-order valence-electron chi connectivity index (χ1n) is 7.11. The Kier molecular flexibility index (Phi) is 4.59. The molecule has 0 unspecified atom stereocenters. The lowest BCUT2D eigenvalue weighted by atomic mass is 9.90. The number of rotatable bonds is 4. The molecule has 3 heteroatoms. The Morgan fingerprint density at radius 2 is 2.16 bits per heavy atom. The minimum Gasteiger partial charge on any atom is -0.481 e. The van der Waals surface area contributed by atoms with Gasteiger partial charge in [0, 0.05) is 12.6 Å². The maximum atomic E-state index is 10.8. The van der Waals surface area contributed by atoms with Crippen molar-refractivity contribution in [2.45, 2.75) is 45.6 Å². The minimum atomic E-state index is -0.703. The van der Waals surface area contributed by atoms with Crippen LogP contribution < -0.4 is 0 Å². The van der Waals surface area contributed by atoms with E-state index in [0.29, 0.717) is 12.6 Å². The van der Waals surface area contributed by atoms with Gasteiger partial charge in [0.25, 0.3) is 0 Å². The molecule has 104 valence electrons. The molecule has 0 bridgehead atoms. The first-order chi connectivity index (χ1) is 9.09. The molecular formula is C16H23NO2. The fourth-order valence-corrected chi connectivity index (χ4v) is 2.98. The number of carbonyl (C=O) groups is 1. The Morgan fingerprint density at radius 1 is 1.37 bits per heavy atom. The number of nitrogens with zero attached hydrogens (tertiary/aromatic N) is 1. The third-order valence-electron chi connectivity index (χ3n) is 4.23. The number of hydrogen-bond donors (Lipinski definition) is 1. The summed E-state index contributed by atoms with van der Waals surface area (Å²) >= 11 is 0. The van der Waals surface area contributed by atoms with Gasteiger partial charge in [-0.25, -0.2) is 0 Å². The summed E-state index contributed by atoms with van der Waals surface area (Å²) in [5.41, 5.74) is 4.06. The summed E-state index contributed by atoms with van der Waals surface area (Å²) in [5, 5.41) is 8.87. The molecule has 1 saturated heterocycles. The summed E-state index contributed by atoms with van der Waals surface area (Å²) in [6.07, 6.45) is 3.80. The molecule has 1 N–H and O–H groups in total. The van der Waals surface area contributed by atoms with E-state index in [-0.39, 0.29) is 6.42 Å². The van der Waals surface area contributed by atoms with E-state index >= 15 is 0 Å². The second-order valence-electron chi connectivity index (χ2n) is 5.48. The van der Waals surface area contributed by atoms with Crippen molar-refractivity contribution >= 4 is 5.97 Å². The average Bonchev–Trinajstić information content (AvgIpc) is 2.40. The number of carboxylic acid groups (broad SMARTS) is 1. The average molecular weight is 261 g/mol. The summed E-state index contributed by atoms with van der Waals surface area (Å²) < 4.78 is 0. The van der Waals surface area contributed by atoms with Crippen LogP contribution in [0.2, 0.25) is 0 Å². The second-order valence-corrected chi connectivity index (χ2v) is 5.48. The smallest absolute Gasteiger partial charge is 0.304 e. The molecule has 0 saturated carbocycles. The van der Waals surface area contributed by atoms with E-state index in [0.717, 1.165) is 13.0 Å². The van der Waals surface area contributed by atoms with Gasteiger partial charge in [-0.15, -0.1) is 0 Å². The molecule has 0 aliphatic carbocycles. The van der Waals surface area contributed by atoms with Gasteiger partial charge in [0.15, 0.2) is 0 Å². The van der Waals surface area contributed by atoms with Crippen LogP contribution in [-0.4, -0.2) is 29.1 Å². The van der Waals surface area contributed by atoms with Crippen LogP contribution in [-0.2, 0) is 4.79 Å². The number of aliphatic carboxylic acids is 1. The van der Waals surface area contributed by atoms with E-state index in [1.165, 1.54) is 29.5 Å². The molecule has 0 aromatic heterocycles. The highest BCUT2D eigenvalue weighted by Crippen LogP contribution is 2.33. The first-order valence-corrected chi connectivity index (χ1v) is 7.11. The van der Waals surface area contributed by atoms with E-state index in [9.17, 15) is 4.79 Å². The molecule has 3 nitrogen and oxygen atoms in total. The van der Waals surface area contributed by atoms with E-state index in [1.807, 2.05) is 0 Å². The van der Waals surface area contributed by atoms with Gasteiger partial charge in [0.2, 0.25) is 0 Å². The minimum absolute atomic E-state index is 0.237. The van der Waals surface area contributed by atoms with Crippen LogP contribution in [0, 0.1) is 13.8 Å². The quantitative estimate of drug-likeness (QED) is 0.904. The summed E-state index contributed by atoms with van der Waals surface area (Å²) in [4.78, 5) is 13.1. The van der Waals surface area contributed by atoms with Crippen molar-refractivity contribution < 1.29 is 9.90 Å². The normalized spacial score (nSPS) is 20.4. The van der Waals surface area contributed by atoms with Crippen molar-refractivity contribution in [1.82, 2.24) is 4.90 Å². The zero-order valence-electron chi connectivity index (χ0n) is 11.9. The lowest BCUT2D eigenvalue weighted by molar-refractivity contribution is -0.137. The van der Waals surface area contributed by atoms with Crippen LogP contribution in [0.15, 0.2) is 18.2 Å². The Morgan fingerprint density at radius 3 is 2.89 bits per heavy atom. The van der Waals surface area contributed by atoms with Crippen LogP contribution in [0.25, 0.3) is 0 Å². The lowest BCUT2D eigenvalue weighted by Crippen LogP contribution is -2.35. The van der Waals surface area contributed by atoms with Crippen molar-refractivity contribution in [2.24, 2.45) is 0 Å². The van der Waals surface area contributed by atoms with Gasteiger partial charge in [-0.05, 0) is 49.9 Å². The highest BCUT2D eigenvalue weighted by atomic mass is 16.4. The number of aryl methyl sites for hydroxylation is 1.